The second kappa shape index (κ2) is 10.7. The quantitative estimate of drug-likeness (QED) is 0.439. The number of rotatable bonds is 6. The first-order valence-electron chi connectivity index (χ1n) is 11.5. The van der Waals surface area contributed by atoms with Gasteiger partial charge in [0.15, 0.2) is 5.17 Å². The first-order valence-corrected chi connectivity index (χ1v) is 12.8. The highest BCUT2D eigenvalue weighted by atomic mass is 35.5. The van der Waals surface area contributed by atoms with Crippen LogP contribution in [0.15, 0.2) is 82.9 Å². The van der Waals surface area contributed by atoms with Crippen LogP contribution in [0.4, 0.5) is 10.1 Å². The molecular formula is C27H22ClFN4O3S. The van der Waals surface area contributed by atoms with E-state index >= 15 is 0 Å². The summed E-state index contributed by atoms with van der Waals surface area (Å²) in [5.74, 6) is -0.423. The van der Waals surface area contributed by atoms with E-state index in [0.717, 1.165) is 16.8 Å². The average molecular weight is 537 g/mol. The minimum atomic E-state index is -0.677. The van der Waals surface area contributed by atoms with Gasteiger partial charge in [-0.1, -0.05) is 53.7 Å². The Morgan fingerprint density at radius 3 is 2.65 bits per heavy atom. The Labute approximate surface area is 222 Å². The number of anilines is 1. The molecule has 0 radical (unpaired) electrons. The van der Waals surface area contributed by atoms with Gasteiger partial charge in [0, 0.05) is 29.6 Å². The molecule has 0 saturated heterocycles. The molecule has 10 heteroatoms. The van der Waals surface area contributed by atoms with Crippen molar-refractivity contribution >= 4 is 51.7 Å². The molecule has 1 N–H and O–H groups in total. The standard InChI is InChI=1S/C27H22ClFN4O3S/c1-36-21-4-2-3-20(13-21)30-25(34)15-24-26(35)31-27(37-24)33-23(17-7-11-19(29)12-8-17)14-22(32-33)16-5-9-18(28)10-6-16/h2-13,23-24H,14-15H2,1H3,(H,30,34). The van der Waals surface area contributed by atoms with E-state index in [1.165, 1.54) is 23.9 Å². The molecule has 2 atom stereocenters. The Morgan fingerprint density at radius 1 is 1.16 bits per heavy atom. The van der Waals surface area contributed by atoms with Crippen molar-refractivity contribution in [3.63, 3.8) is 0 Å². The van der Waals surface area contributed by atoms with Gasteiger partial charge < -0.3 is 10.1 Å². The number of carbonyl (C=O) groups is 2. The zero-order chi connectivity index (χ0) is 25.9. The number of aliphatic imine (C=N–C) groups is 1. The summed E-state index contributed by atoms with van der Waals surface area (Å²) in [5, 5.41) is 9.62. The van der Waals surface area contributed by atoms with Gasteiger partial charge in [0.05, 0.1) is 18.9 Å². The summed E-state index contributed by atoms with van der Waals surface area (Å²) in [4.78, 5) is 29.7. The summed E-state index contributed by atoms with van der Waals surface area (Å²) >= 11 is 7.25. The van der Waals surface area contributed by atoms with Crippen LogP contribution in [0.3, 0.4) is 0 Å². The minimum Gasteiger partial charge on any atom is -0.497 e. The van der Waals surface area contributed by atoms with Crippen LogP contribution < -0.4 is 10.1 Å². The van der Waals surface area contributed by atoms with E-state index < -0.39 is 11.2 Å². The molecule has 7 nitrogen and oxygen atoms in total. The number of ether oxygens (including phenoxy) is 1. The maximum absolute atomic E-state index is 13.6. The highest BCUT2D eigenvalue weighted by Gasteiger charge is 2.39. The fraction of sp³-hybridized carbons (Fsp3) is 0.185. The number of methoxy groups -OCH3 is 1. The zero-order valence-corrected chi connectivity index (χ0v) is 21.3. The second-order valence-electron chi connectivity index (χ2n) is 8.49. The van der Waals surface area contributed by atoms with E-state index in [1.54, 1.807) is 60.6 Å². The van der Waals surface area contributed by atoms with Crippen molar-refractivity contribution in [1.29, 1.82) is 0 Å². The van der Waals surface area contributed by atoms with Crippen LogP contribution in [-0.2, 0) is 9.59 Å². The van der Waals surface area contributed by atoms with Crippen molar-refractivity contribution in [2.24, 2.45) is 10.1 Å². The van der Waals surface area contributed by atoms with Crippen molar-refractivity contribution in [2.75, 3.05) is 12.4 Å². The van der Waals surface area contributed by atoms with Crippen LogP contribution in [0.5, 0.6) is 5.75 Å². The van der Waals surface area contributed by atoms with E-state index in [2.05, 4.69) is 10.3 Å². The number of nitrogens with zero attached hydrogens (tertiary/aromatic N) is 3. The van der Waals surface area contributed by atoms with Crippen molar-refractivity contribution in [1.82, 2.24) is 5.01 Å². The van der Waals surface area contributed by atoms with Crippen LogP contribution in [0.25, 0.3) is 0 Å². The SMILES string of the molecule is COc1cccc(NC(=O)CC2SC(N3N=C(c4ccc(Cl)cc4)CC3c3ccc(F)cc3)=NC2=O)c1. The number of hydrogen-bond donors (Lipinski definition) is 1. The minimum absolute atomic E-state index is 0.0451. The molecular weight excluding hydrogens is 515 g/mol. The molecule has 0 saturated carbocycles. The molecule has 2 aliphatic rings. The molecule has 0 aromatic heterocycles. The lowest BCUT2D eigenvalue weighted by Crippen LogP contribution is -2.25. The van der Waals surface area contributed by atoms with Gasteiger partial charge in [-0.15, -0.1) is 0 Å². The monoisotopic (exact) mass is 536 g/mol. The number of nitrogens with one attached hydrogen (secondary N) is 1. The Hall–Kier alpha value is -3.69. The number of hydrazone groups is 1. The number of halogens is 2. The van der Waals surface area contributed by atoms with Crippen molar-refractivity contribution in [2.45, 2.75) is 24.1 Å². The molecule has 5 rings (SSSR count). The molecule has 37 heavy (non-hydrogen) atoms. The van der Waals surface area contributed by atoms with Gasteiger partial charge in [0.2, 0.25) is 5.91 Å². The maximum atomic E-state index is 13.6. The third-order valence-corrected chi connectivity index (χ3v) is 7.39. The van der Waals surface area contributed by atoms with Crippen LogP contribution in [0, 0.1) is 5.82 Å². The molecule has 2 aliphatic heterocycles. The number of benzene rings is 3. The summed E-state index contributed by atoms with van der Waals surface area (Å²) < 4.78 is 18.8. The van der Waals surface area contributed by atoms with Gasteiger partial charge in [-0.05, 0) is 47.5 Å². The van der Waals surface area contributed by atoms with E-state index in [1.807, 2.05) is 12.1 Å². The molecule has 2 amide bonds. The molecule has 0 aliphatic carbocycles. The number of carbonyl (C=O) groups excluding carboxylic acids is 2. The fourth-order valence-electron chi connectivity index (χ4n) is 4.13. The average Bonchev–Trinajstić information content (AvgIpc) is 3.49. The predicted octanol–water partition coefficient (Wildman–Crippen LogP) is 5.67. The lowest BCUT2D eigenvalue weighted by Gasteiger charge is -2.23. The van der Waals surface area contributed by atoms with Crippen LogP contribution in [-0.4, -0.2) is 40.1 Å². The summed E-state index contributed by atoms with van der Waals surface area (Å²) in [5.41, 5.74) is 3.10. The molecule has 2 unspecified atom stereocenters. The molecule has 3 aromatic carbocycles. The van der Waals surface area contributed by atoms with Crippen molar-refractivity contribution in [3.05, 3.63) is 94.8 Å². The Morgan fingerprint density at radius 2 is 1.92 bits per heavy atom. The van der Waals surface area contributed by atoms with Gasteiger partial charge >= 0.3 is 0 Å². The highest BCUT2D eigenvalue weighted by molar-refractivity contribution is 8.15. The number of amidine groups is 1. The zero-order valence-electron chi connectivity index (χ0n) is 19.7. The highest BCUT2D eigenvalue weighted by Crippen LogP contribution is 2.38. The van der Waals surface area contributed by atoms with Crippen molar-refractivity contribution in [3.8, 4) is 5.75 Å². The van der Waals surface area contributed by atoms with Crippen molar-refractivity contribution < 1.29 is 18.7 Å². The summed E-state index contributed by atoms with van der Waals surface area (Å²) in [6.45, 7) is 0. The van der Waals surface area contributed by atoms with E-state index in [-0.39, 0.29) is 24.2 Å². The van der Waals surface area contributed by atoms with E-state index in [9.17, 15) is 14.0 Å². The number of thioether (sulfide) groups is 1. The molecule has 0 fully saturated rings. The lowest BCUT2D eigenvalue weighted by atomic mass is 9.98. The molecule has 2 heterocycles. The van der Waals surface area contributed by atoms with E-state index in [0.29, 0.717) is 28.0 Å². The molecule has 3 aromatic rings. The van der Waals surface area contributed by atoms with Crippen LogP contribution in [0.1, 0.15) is 30.0 Å². The normalized spacial score (nSPS) is 19.0. The van der Waals surface area contributed by atoms with Gasteiger partial charge in [-0.3, -0.25) is 9.59 Å². The van der Waals surface area contributed by atoms with Gasteiger partial charge in [-0.25, -0.2) is 9.40 Å². The first kappa shape index (κ1) is 25.0. The Kier molecular flexibility index (Phi) is 7.25. The predicted molar refractivity (Wildman–Crippen MR) is 144 cm³/mol. The summed E-state index contributed by atoms with van der Waals surface area (Å²) in [7, 11) is 1.55. The van der Waals surface area contributed by atoms with Gasteiger partial charge in [-0.2, -0.15) is 10.1 Å². The topological polar surface area (TPSA) is 83.4 Å². The number of amides is 2. The lowest BCUT2D eigenvalue weighted by molar-refractivity contribution is -0.121. The maximum Gasteiger partial charge on any atom is 0.262 e. The molecule has 188 valence electrons. The number of hydrogen-bond acceptors (Lipinski definition) is 6. The third-order valence-electron chi connectivity index (χ3n) is 5.99. The van der Waals surface area contributed by atoms with Crippen LogP contribution >= 0.6 is 23.4 Å². The fourth-order valence-corrected chi connectivity index (χ4v) is 5.32. The second-order valence-corrected chi connectivity index (χ2v) is 10.1. The first-order chi connectivity index (χ1) is 17.9. The Bertz CT molecular complexity index is 1400. The smallest absolute Gasteiger partial charge is 0.262 e. The Balaban J connectivity index is 1.34. The largest absolute Gasteiger partial charge is 0.497 e. The molecule has 0 bridgehead atoms. The summed E-state index contributed by atoms with van der Waals surface area (Å²) in [6.07, 6.45) is 0.485. The summed E-state index contributed by atoms with van der Waals surface area (Å²) in [6, 6.07) is 20.3. The van der Waals surface area contributed by atoms with Gasteiger partial charge in [0.25, 0.3) is 5.91 Å². The van der Waals surface area contributed by atoms with Crippen LogP contribution in [0.2, 0.25) is 5.02 Å². The van der Waals surface area contributed by atoms with Gasteiger partial charge in [0.1, 0.15) is 16.8 Å². The molecule has 0 spiro atoms. The third kappa shape index (κ3) is 5.68. The van der Waals surface area contributed by atoms with E-state index in [4.69, 9.17) is 21.4 Å².